The fraction of sp³-hybridized carbons (Fsp3) is 0.400. The zero-order chi connectivity index (χ0) is 16.3. The summed E-state index contributed by atoms with van der Waals surface area (Å²) >= 11 is 0. The molecule has 2 rings (SSSR count). The number of hydrogen-bond donors (Lipinski definition) is 2. The Hall–Kier alpha value is -1.57. The van der Waals surface area contributed by atoms with E-state index in [-0.39, 0.29) is 17.0 Å². The van der Waals surface area contributed by atoms with E-state index in [9.17, 15) is 18.3 Å². The number of esters is 1. The Morgan fingerprint density at radius 3 is 2.73 bits per heavy atom. The van der Waals surface area contributed by atoms with Crippen LogP contribution >= 0.6 is 10.8 Å². The van der Waals surface area contributed by atoms with E-state index in [1.54, 1.807) is 19.1 Å². The average Bonchev–Trinajstić information content (AvgIpc) is 2.48. The molecule has 0 spiro atoms. The summed E-state index contributed by atoms with van der Waals surface area (Å²) < 4.78 is 40.9. The average molecular weight is 329 g/mol. The minimum Gasteiger partial charge on any atom is -0.465 e. The summed E-state index contributed by atoms with van der Waals surface area (Å²) in [6.07, 6.45) is 4.88. The van der Waals surface area contributed by atoms with E-state index in [1.807, 2.05) is 0 Å². The number of benzene rings is 1. The summed E-state index contributed by atoms with van der Waals surface area (Å²) in [5.41, 5.74) is 0.407. The highest BCUT2D eigenvalue weighted by Crippen LogP contribution is 2.50. The first-order valence-corrected chi connectivity index (χ1v) is 8.66. The lowest BCUT2D eigenvalue weighted by Crippen LogP contribution is -2.35. The van der Waals surface area contributed by atoms with Crippen LogP contribution in [-0.2, 0) is 4.74 Å². The lowest BCUT2D eigenvalue weighted by atomic mass is 10.1. The van der Waals surface area contributed by atoms with Gasteiger partial charge < -0.3 is 4.74 Å². The molecule has 0 atom stereocenters. The van der Waals surface area contributed by atoms with Crippen molar-refractivity contribution in [1.82, 2.24) is 0 Å². The number of allylic oxidation sites excluding steroid dienone is 1. The molecule has 1 aliphatic heterocycles. The quantitative estimate of drug-likeness (QED) is 0.823. The maximum Gasteiger partial charge on any atom is 0.340 e. The van der Waals surface area contributed by atoms with Gasteiger partial charge in [0, 0.05) is 6.54 Å². The first-order chi connectivity index (χ1) is 10.4. The molecule has 1 aromatic rings. The summed E-state index contributed by atoms with van der Waals surface area (Å²) in [4.78, 5) is 11.8. The summed E-state index contributed by atoms with van der Waals surface area (Å²) in [6, 6.07) is 2.90. The van der Waals surface area contributed by atoms with Crippen LogP contribution in [-0.4, -0.2) is 34.5 Å². The topological polar surface area (TPSA) is 70.0 Å². The number of rotatable bonds is 3. The van der Waals surface area contributed by atoms with Crippen molar-refractivity contribution in [3.05, 3.63) is 35.2 Å². The molecular formula is C15H20FNO4S. The van der Waals surface area contributed by atoms with Gasteiger partial charge in [-0.25, -0.2) is 9.18 Å². The van der Waals surface area contributed by atoms with Crippen molar-refractivity contribution in [2.24, 2.45) is 0 Å². The molecule has 0 saturated carbocycles. The third-order valence-electron chi connectivity index (χ3n) is 3.49. The fourth-order valence-corrected chi connectivity index (χ4v) is 4.13. The van der Waals surface area contributed by atoms with E-state index in [2.05, 4.69) is 4.74 Å². The number of anilines is 1. The third kappa shape index (κ3) is 3.26. The summed E-state index contributed by atoms with van der Waals surface area (Å²) in [6.45, 7) is 2.13. The van der Waals surface area contributed by atoms with Gasteiger partial charge in [-0.1, -0.05) is 12.2 Å². The molecule has 22 heavy (non-hydrogen) atoms. The summed E-state index contributed by atoms with van der Waals surface area (Å²) in [5, 5.41) is 0. The second-order valence-electron chi connectivity index (χ2n) is 5.04. The van der Waals surface area contributed by atoms with E-state index in [4.69, 9.17) is 0 Å². The number of carbonyl (C=O) groups is 1. The van der Waals surface area contributed by atoms with E-state index in [0.29, 0.717) is 18.5 Å². The summed E-state index contributed by atoms with van der Waals surface area (Å²) in [7, 11) is -1.88. The lowest BCUT2D eigenvalue weighted by molar-refractivity contribution is 0.0595. The molecule has 1 saturated heterocycles. The van der Waals surface area contributed by atoms with Gasteiger partial charge in [0.25, 0.3) is 0 Å². The molecule has 0 radical (unpaired) electrons. The minimum absolute atomic E-state index is 0.0238. The highest BCUT2D eigenvalue weighted by molar-refractivity contribution is 8.25. The minimum atomic E-state index is -3.06. The largest absolute Gasteiger partial charge is 0.465 e. The van der Waals surface area contributed by atoms with Crippen molar-refractivity contribution in [3.8, 4) is 0 Å². The van der Waals surface area contributed by atoms with Crippen LogP contribution in [0.25, 0.3) is 6.08 Å². The molecule has 1 heterocycles. The van der Waals surface area contributed by atoms with Crippen LogP contribution in [0.1, 0.15) is 35.7 Å². The molecule has 0 bridgehead atoms. The number of halogens is 1. The number of carbonyl (C=O) groups excluding carboxylic acids is 1. The Bertz CT molecular complexity index is 603. The van der Waals surface area contributed by atoms with Crippen LogP contribution < -0.4 is 4.31 Å². The Labute approximate surface area is 130 Å². The molecule has 1 aliphatic rings. The molecule has 122 valence electrons. The van der Waals surface area contributed by atoms with Gasteiger partial charge in [0.15, 0.2) is 5.82 Å². The number of methoxy groups -OCH3 is 1. The number of hydrogen-bond acceptors (Lipinski definition) is 5. The van der Waals surface area contributed by atoms with Gasteiger partial charge in [0.2, 0.25) is 0 Å². The van der Waals surface area contributed by atoms with Crippen molar-refractivity contribution >= 4 is 28.5 Å². The van der Waals surface area contributed by atoms with Crippen molar-refractivity contribution in [2.75, 3.05) is 23.7 Å². The normalized spacial score (nSPS) is 19.2. The third-order valence-corrected chi connectivity index (χ3v) is 5.41. The van der Waals surface area contributed by atoms with Gasteiger partial charge in [0.1, 0.15) is 0 Å². The second kappa shape index (κ2) is 6.68. The molecule has 5 nitrogen and oxygen atoms in total. The van der Waals surface area contributed by atoms with Gasteiger partial charge in [-0.3, -0.25) is 13.4 Å². The number of nitrogens with zero attached hydrogens (tertiary/aromatic N) is 1. The predicted molar refractivity (Wildman–Crippen MR) is 86.7 cm³/mol. The molecule has 1 fully saturated rings. The van der Waals surface area contributed by atoms with E-state index in [0.717, 1.165) is 6.42 Å². The molecule has 0 aliphatic carbocycles. The van der Waals surface area contributed by atoms with Gasteiger partial charge in [0.05, 0.1) is 24.1 Å². The SMILES string of the molecule is C/C=C/c1cc(C(=O)OC)c(F)c(N2CCCCS2(O)O)c1. The standard InChI is InChI=1S/C15H20FNO4S/c1-3-6-11-9-12(15(18)21-2)14(16)13(10-11)17-7-4-5-8-22(17,19)20/h3,6,9-10,19-20H,4-5,7-8H2,1-2H3/b6-3+. The lowest BCUT2D eigenvalue weighted by Gasteiger charge is -2.47. The Morgan fingerprint density at radius 2 is 2.14 bits per heavy atom. The van der Waals surface area contributed by atoms with Crippen LogP contribution in [0.15, 0.2) is 18.2 Å². The first kappa shape index (κ1) is 16.8. The Morgan fingerprint density at radius 1 is 1.41 bits per heavy atom. The van der Waals surface area contributed by atoms with E-state index in [1.165, 1.54) is 23.5 Å². The maximum atomic E-state index is 14.7. The van der Waals surface area contributed by atoms with Crippen LogP contribution in [0.2, 0.25) is 0 Å². The van der Waals surface area contributed by atoms with Gasteiger partial charge in [-0.05, 0) is 37.5 Å². The molecule has 7 heteroatoms. The van der Waals surface area contributed by atoms with E-state index < -0.39 is 22.6 Å². The van der Waals surface area contributed by atoms with Gasteiger partial charge in [-0.2, -0.15) is 0 Å². The van der Waals surface area contributed by atoms with Crippen molar-refractivity contribution in [3.63, 3.8) is 0 Å². The van der Waals surface area contributed by atoms with Gasteiger partial charge >= 0.3 is 5.97 Å². The van der Waals surface area contributed by atoms with Crippen LogP contribution in [0.5, 0.6) is 0 Å². The molecule has 1 aromatic carbocycles. The maximum absolute atomic E-state index is 14.7. The highest BCUT2D eigenvalue weighted by Gasteiger charge is 2.31. The van der Waals surface area contributed by atoms with Crippen molar-refractivity contribution in [1.29, 1.82) is 0 Å². The van der Waals surface area contributed by atoms with Crippen molar-refractivity contribution in [2.45, 2.75) is 19.8 Å². The molecule has 0 amide bonds. The monoisotopic (exact) mass is 329 g/mol. The Balaban J connectivity index is 2.58. The molecule has 2 N–H and O–H groups in total. The van der Waals surface area contributed by atoms with Crippen molar-refractivity contribution < 1.29 is 23.0 Å². The fourth-order valence-electron chi connectivity index (χ4n) is 2.45. The molecule has 0 aromatic heterocycles. The van der Waals surface area contributed by atoms with E-state index >= 15 is 0 Å². The van der Waals surface area contributed by atoms with Crippen LogP contribution in [0, 0.1) is 5.82 Å². The van der Waals surface area contributed by atoms with Crippen LogP contribution in [0.4, 0.5) is 10.1 Å². The predicted octanol–water partition coefficient (Wildman–Crippen LogP) is 3.91. The highest BCUT2D eigenvalue weighted by atomic mass is 32.3. The zero-order valence-electron chi connectivity index (χ0n) is 12.6. The van der Waals surface area contributed by atoms with Crippen LogP contribution in [0.3, 0.4) is 0 Å². The smallest absolute Gasteiger partial charge is 0.340 e. The summed E-state index contributed by atoms with van der Waals surface area (Å²) in [5.74, 6) is -1.38. The Kier molecular flexibility index (Phi) is 5.10. The zero-order valence-corrected chi connectivity index (χ0v) is 13.4. The molecule has 0 unspecified atom stereocenters. The number of ether oxygens (including phenoxy) is 1. The van der Waals surface area contributed by atoms with Gasteiger partial charge in [-0.15, -0.1) is 10.8 Å². The second-order valence-corrected chi connectivity index (χ2v) is 7.15. The molecular weight excluding hydrogens is 309 g/mol. The first-order valence-electron chi connectivity index (χ1n) is 6.99.